The molecular weight excluding hydrogens is 254 g/mol. The molecule has 6 heteroatoms. The van der Waals surface area contributed by atoms with Crippen LogP contribution in [0.25, 0.3) is 0 Å². The molecule has 0 bridgehead atoms. The minimum atomic E-state index is 0.0489. The van der Waals surface area contributed by atoms with Crippen LogP contribution in [0.4, 0.5) is 5.82 Å². The Bertz CT molecular complexity index is 456. The first-order valence-corrected chi connectivity index (χ1v) is 7.33. The summed E-state index contributed by atoms with van der Waals surface area (Å²) in [6.07, 6.45) is 2.91. The molecule has 0 radical (unpaired) electrons. The van der Waals surface area contributed by atoms with Gasteiger partial charge in [0.2, 0.25) is 5.91 Å². The van der Waals surface area contributed by atoms with Gasteiger partial charge in [0.15, 0.2) is 0 Å². The van der Waals surface area contributed by atoms with Gasteiger partial charge in [-0.1, -0.05) is 0 Å². The van der Waals surface area contributed by atoms with Crippen LogP contribution in [0.2, 0.25) is 0 Å². The molecule has 1 aliphatic rings. The molecule has 0 unspecified atom stereocenters. The molecule has 0 spiro atoms. The Morgan fingerprint density at radius 2 is 2.15 bits per heavy atom. The molecule has 2 rings (SSSR count). The monoisotopic (exact) mass is 279 g/mol. The molecular formula is C14H25N5O. The summed E-state index contributed by atoms with van der Waals surface area (Å²) in [6.45, 7) is 9.29. The van der Waals surface area contributed by atoms with Crippen LogP contribution in [-0.2, 0) is 11.3 Å². The second-order valence-corrected chi connectivity index (χ2v) is 5.47. The van der Waals surface area contributed by atoms with E-state index in [0.717, 1.165) is 50.5 Å². The molecule has 2 heterocycles. The highest BCUT2D eigenvalue weighted by Crippen LogP contribution is 2.13. The standard InChI is InChI=1S/C14H25N5O/c1-4-19-14(12(2)10-15-19)16-13(20)11-18-7-5-6-17(3)8-9-18/h10H,4-9,11H2,1-3H3,(H,16,20). The maximum absolute atomic E-state index is 12.2. The van der Waals surface area contributed by atoms with Gasteiger partial charge in [-0.25, -0.2) is 4.68 Å². The maximum Gasteiger partial charge on any atom is 0.239 e. The first-order valence-electron chi connectivity index (χ1n) is 7.33. The van der Waals surface area contributed by atoms with Crippen LogP contribution in [0.1, 0.15) is 18.9 Å². The van der Waals surface area contributed by atoms with Gasteiger partial charge >= 0.3 is 0 Å². The van der Waals surface area contributed by atoms with Crippen molar-refractivity contribution in [3.63, 3.8) is 0 Å². The fourth-order valence-corrected chi connectivity index (χ4v) is 2.51. The summed E-state index contributed by atoms with van der Waals surface area (Å²) in [5.74, 6) is 0.872. The lowest BCUT2D eigenvalue weighted by atomic mass is 10.3. The largest absolute Gasteiger partial charge is 0.310 e. The normalized spacial score (nSPS) is 17.9. The zero-order valence-corrected chi connectivity index (χ0v) is 12.7. The molecule has 1 amide bonds. The second kappa shape index (κ2) is 6.85. The van der Waals surface area contributed by atoms with Crippen LogP contribution in [0, 0.1) is 6.92 Å². The zero-order chi connectivity index (χ0) is 14.5. The molecule has 1 N–H and O–H groups in total. The maximum atomic E-state index is 12.2. The Morgan fingerprint density at radius 3 is 2.90 bits per heavy atom. The van der Waals surface area contributed by atoms with Crippen LogP contribution < -0.4 is 5.32 Å². The van der Waals surface area contributed by atoms with E-state index in [0.29, 0.717) is 6.54 Å². The molecule has 1 aromatic heterocycles. The Morgan fingerprint density at radius 1 is 1.35 bits per heavy atom. The summed E-state index contributed by atoms with van der Waals surface area (Å²) in [6, 6.07) is 0. The molecule has 112 valence electrons. The summed E-state index contributed by atoms with van der Waals surface area (Å²) in [4.78, 5) is 16.7. The van der Waals surface area contributed by atoms with Crippen molar-refractivity contribution in [3.8, 4) is 0 Å². The number of amides is 1. The Kier molecular flexibility index (Phi) is 5.14. The third-order valence-electron chi connectivity index (χ3n) is 3.76. The van der Waals surface area contributed by atoms with Crippen LogP contribution in [0.15, 0.2) is 6.20 Å². The third kappa shape index (κ3) is 3.80. The van der Waals surface area contributed by atoms with Gasteiger partial charge in [0.1, 0.15) is 5.82 Å². The van der Waals surface area contributed by atoms with Gasteiger partial charge in [-0.3, -0.25) is 9.69 Å². The van der Waals surface area contributed by atoms with Gasteiger partial charge in [0, 0.05) is 25.2 Å². The Balaban J connectivity index is 1.90. The molecule has 0 aromatic carbocycles. The fraction of sp³-hybridized carbons (Fsp3) is 0.714. The van der Waals surface area contributed by atoms with Crippen molar-refractivity contribution < 1.29 is 4.79 Å². The van der Waals surface area contributed by atoms with E-state index in [4.69, 9.17) is 0 Å². The number of rotatable bonds is 4. The zero-order valence-electron chi connectivity index (χ0n) is 12.7. The van der Waals surface area contributed by atoms with Crippen LogP contribution in [0.5, 0.6) is 0 Å². The van der Waals surface area contributed by atoms with Gasteiger partial charge < -0.3 is 10.2 Å². The highest BCUT2D eigenvalue weighted by molar-refractivity contribution is 5.92. The molecule has 6 nitrogen and oxygen atoms in total. The van der Waals surface area contributed by atoms with E-state index in [1.165, 1.54) is 0 Å². The van der Waals surface area contributed by atoms with Crippen LogP contribution in [-0.4, -0.2) is 65.3 Å². The van der Waals surface area contributed by atoms with Crippen molar-refractivity contribution in [2.75, 3.05) is 45.1 Å². The second-order valence-electron chi connectivity index (χ2n) is 5.47. The third-order valence-corrected chi connectivity index (χ3v) is 3.76. The number of hydrogen-bond donors (Lipinski definition) is 1. The average molecular weight is 279 g/mol. The van der Waals surface area contributed by atoms with E-state index < -0.39 is 0 Å². The number of carbonyl (C=O) groups is 1. The first-order chi connectivity index (χ1) is 9.60. The molecule has 0 atom stereocenters. The predicted octanol–water partition coefficient (Wildman–Crippen LogP) is 0.787. The number of aryl methyl sites for hydroxylation is 2. The molecule has 0 aliphatic carbocycles. The van der Waals surface area contributed by atoms with Gasteiger partial charge in [0.05, 0.1) is 12.7 Å². The lowest BCUT2D eigenvalue weighted by Gasteiger charge is -2.19. The molecule has 20 heavy (non-hydrogen) atoms. The van der Waals surface area contributed by atoms with Gasteiger partial charge in [-0.2, -0.15) is 5.10 Å². The van der Waals surface area contributed by atoms with Gasteiger partial charge in [0.25, 0.3) is 0 Å². The van der Waals surface area contributed by atoms with Gasteiger partial charge in [-0.05, 0) is 40.4 Å². The number of nitrogens with zero attached hydrogens (tertiary/aromatic N) is 4. The minimum Gasteiger partial charge on any atom is -0.310 e. The van der Waals surface area contributed by atoms with Crippen molar-refractivity contribution in [1.29, 1.82) is 0 Å². The lowest BCUT2D eigenvalue weighted by molar-refractivity contribution is -0.117. The van der Waals surface area contributed by atoms with E-state index in [2.05, 4.69) is 27.3 Å². The summed E-state index contributed by atoms with van der Waals surface area (Å²) >= 11 is 0. The van der Waals surface area contributed by atoms with E-state index >= 15 is 0 Å². The lowest BCUT2D eigenvalue weighted by Crippen LogP contribution is -2.36. The predicted molar refractivity (Wildman–Crippen MR) is 79.8 cm³/mol. The highest BCUT2D eigenvalue weighted by atomic mass is 16.2. The van der Waals surface area contributed by atoms with E-state index in [1.807, 2.05) is 18.5 Å². The quantitative estimate of drug-likeness (QED) is 0.885. The van der Waals surface area contributed by atoms with Crippen LogP contribution in [0.3, 0.4) is 0 Å². The van der Waals surface area contributed by atoms with Crippen molar-refractivity contribution in [2.45, 2.75) is 26.8 Å². The summed E-state index contributed by atoms with van der Waals surface area (Å²) in [5.41, 5.74) is 1.01. The number of aromatic nitrogens is 2. The number of carbonyl (C=O) groups excluding carboxylic acids is 1. The number of anilines is 1. The van der Waals surface area contributed by atoms with Gasteiger partial charge in [-0.15, -0.1) is 0 Å². The van der Waals surface area contributed by atoms with E-state index in [9.17, 15) is 4.79 Å². The minimum absolute atomic E-state index is 0.0489. The van der Waals surface area contributed by atoms with E-state index in [-0.39, 0.29) is 5.91 Å². The van der Waals surface area contributed by atoms with Crippen molar-refractivity contribution in [1.82, 2.24) is 19.6 Å². The smallest absolute Gasteiger partial charge is 0.239 e. The molecule has 1 fully saturated rings. The first kappa shape index (κ1) is 15.0. The summed E-state index contributed by atoms with van der Waals surface area (Å²) in [5, 5.41) is 7.24. The van der Waals surface area contributed by atoms with Crippen molar-refractivity contribution in [2.24, 2.45) is 0 Å². The SMILES string of the molecule is CCn1ncc(C)c1NC(=O)CN1CCCN(C)CC1. The van der Waals surface area contributed by atoms with Crippen molar-refractivity contribution in [3.05, 3.63) is 11.8 Å². The highest BCUT2D eigenvalue weighted by Gasteiger charge is 2.16. The number of hydrogen-bond acceptors (Lipinski definition) is 4. The summed E-state index contributed by atoms with van der Waals surface area (Å²) < 4.78 is 1.82. The van der Waals surface area contributed by atoms with Crippen molar-refractivity contribution >= 4 is 11.7 Å². The molecule has 0 saturated carbocycles. The average Bonchev–Trinajstić information content (AvgIpc) is 2.63. The fourth-order valence-electron chi connectivity index (χ4n) is 2.51. The molecule has 1 saturated heterocycles. The topological polar surface area (TPSA) is 53.4 Å². The van der Waals surface area contributed by atoms with E-state index in [1.54, 1.807) is 6.20 Å². The Hall–Kier alpha value is -1.40. The number of nitrogens with one attached hydrogen (secondary N) is 1. The summed E-state index contributed by atoms with van der Waals surface area (Å²) in [7, 11) is 2.13. The Labute approximate surface area is 120 Å². The molecule has 1 aliphatic heterocycles. The molecule has 1 aromatic rings. The van der Waals surface area contributed by atoms with Crippen LogP contribution >= 0.6 is 0 Å². The number of likely N-dealkylation sites (N-methyl/N-ethyl adjacent to an activating group) is 1.